The van der Waals surface area contributed by atoms with E-state index in [1.165, 1.54) is 30.7 Å². The van der Waals surface area contributed by atoms with Gasteiger partial charge in [-0.05, 0) is 24.3 Å². The Bertz CT molecular complexity index is 478. The molecule has 0 aliphatic rings. The molecule has 0 bridgehead atoms. The fourth-order valence-corrected chi connectivity index (χ4v) is 0.890. The van der Waals surface area contributed by atoms with Gasteiger partial charge in [-0.15, -0.1) is 0 Å². The van der Waals surface area contributed by atoms with E-state index in [0.29, 0.717) is 0 Å². The summed E-state index contributed by atoms with van der Waals surface area (Å²) >= 11 is 0. The summed E-state index contributed by atoms with van der Waals surface area (Å²) in [5.74, 6) is -2.05. The van der Waals surface area contributed by atoms with Crippen molar-refractivity contribution in [3.8, 4) is 0 Å². The first-order valence-electron chi connectivity index (χ1n) is 4.52. The van der Waals surface area contributed by atoms with Gasteiger partial charge in [0.05, 0.1) is 6.26 Å². The highest BCUT2D eigenvalue weighted by atomic mass is 16.4. The van der Waals surface area contributed by atoms with Gasteiger partial charge in [0.15, 0.2) is 0 Å². The molecule has 0 unspecified atom stereocenters. The second-order valence-corrected chi connectivity index (χ2v) is 2.80. The van der Waals surface area contributed by atoms with Crippen LogP contribution in [0.2, 0.25) is 0 Å². The minimum absolute atomic E-state index is 0.0231. The molecule has 0 aliphatic heterocycles. The quantitative estimate of drug-likeness (QED) is 0.822. The zero-order chi connectivity index (χ0) is 12.7. The minimum Gasteiger partial charge on any atom is -0.477 e. The monoisotopic (exact) mass is 235 g/mol. The van der Waals surface area contributed by atoms with Crippen molar-refractivity contribution in [1.29, 1.82) is 0 Å². The number of carboxylic acid groups (broad SMARTS) is 2. The first-order chi connectivity index (χ1) is 8.11. The minimum atomic E-state index is -1.03. The molecule has 2 aromatic heterocycles. The van der Waals surface area contributed by atoms with Crippen molar-refractivity contribution in [1.82, 2.24) is 4.98 Å². The van der Waals surface area contributed by atoms with Crippen LogP contribution in [0.3, 0.4) is 0 Å². The summed E-state index contributed by atoms with van der Waals surface area (Å²) in [7, 11) is 0. The number of carboxylic acids is 2. The van der Waals surface area contributed by atoms with Crippen LogP contribution in [0.25, 0.3) is 0 Å². The third kappa shape index (κ3) is 4.17. The molecule has 0 amide bonds. The maximum absolute atomic E-state index is 10.1. The Morgan fingerprint density at radius 2 is 1.82 bits per heavy atom. The Kier molecular flexibility index (Phi) is 4.44. The lowest BCUT2D eigenvalue weighted by molar-refractivity contribution is 0.0659. The van der Waals surface area contributed by atoms with E-state index >= 15 is 0 Å². The molecule has 0 aliphatic carbocycles. The Morgan fingerprint density at radius 3 is 2.12 bits per heavy atom. The predicted molar refractivity (Wildman–Crippen MR) is 56.9 cm³/mol. The SMILES string of the molecule is O=C(O)c1ccccn1.O=C(O)c1ccco1. The van der Waals surface area contributed by atoms with Crippen LogP contribution in [0.15, 0.2) is 47.2 Å². The molecule has 0 saturated heterocycles. The van der Waals surface area contributed by atoms with E-state index in [0.717, 1.165) is 0 Å². The fourth-order valence-electron chi connectivity index (χ4n) is 0.890. The van der Waals surface area contributed by atoms with Crippen LogP contribution in [0.1, 0.15) is 21.0 Å². The van der Waals surface area contributed by atoms with Gasteiger partial charge in [0.1, 0.15) is 5.69 Å². The van der Waals surface area contributed by atoms with E-state index in [1.54, 1.807) is 12.1 Å². The highest BCUT2D eigenvalue weighted by Crippen LogP contribution is 1.97. The van der Waals surface area contributed by atoms with Crippen molar-refractivity contribution < 1.29 is 24.2 Å². The number of rotatable bonds is 2. The predicted octanol–water partition coefficient (Wildman–Crippen LogP) is 1.76. The lowest BCUT2D eigenvalue weighted by Gasteiger charge is -1.87. The van der Waals surface area contributed by atoms with Crippen molar-refractivity contribution >= 4 is 11.9 Å². The molecular weight excluding hydrogens is 226 g/mol. The zero-order valence-electron chi connectivity index (χ0n) is 8.61. The number of aromatic carboxylic acids is 2. The Balaban J connectivity index is 0.000000171. The molecule has 88 valence electrons. The molecule has 0 saturated carbocycles. The summed E-state index contributed by atoms with van der Waals surface area (Å²) in [4.78, 5) is 23.7. The van der Waals surface area contributed by atoms with Gasteiger partial charge in [-0.1, -0.05) is 6.07 Å². The van der Waals surface area contributed by atoms with Gasteiger partial charge in [-0.3, -0.25) is 0 Å². The van der Waals surface area contributed by atoms with E-state index in [2.05, 4.69) is 9.40 Å². The van der Waals surface area contributed by atoms with Crippen LogP contribution in [0, 0.1) is 0 Å². The number of pyridine rings is 1. The van der Waals surface area contributed by atoms with Crippen LogP contribution in [0.4, 0.5) is 0 Å². The van der Waals surface area contributed by atoms with Gasteiger partial charge >= 0.3 is 11.9 Å². The average molecular weight is 235 g/mol. The molecule has 6 heteroatoms. The summed E-state index contributed by atoms with van der Waals surface area (Å²) in [5.41, 5.74) is 0.0810. The van der Waals surface area contributed by atoms with Gasteiger partial charge in [0.25, 0.3) is 0 Å². The summed E-state index contributed by atoms with van der Waals surface area (Å²) in [6.45, 7) is 0. The smallest absolute Gasteiger partial charge is 0.371 e. The molecule has 2 rings (SSSR count). The van der Waals surface area contributed by atoms with Gasteiger partial charge in [-0.25, -0.2) is 14.6 Å². The van der Waals surface area contributed by atoms with E-state index in [1.807, 2.05) is 0 Å². The maximum atomic E-state index is 10.1. The van der Waals surface area contributed by atoms with Gasteiger partial charge in [-0.2, -0.15) is 0 Å². The van der Waals surface area contributed by atoms with Gasteiger partial charge in [0, 0.05) is 6.20 Å². The highest BCUT2D eigenvalue weighted by molar-refractivity contribution is 5.85. The van der Waals surface area contributed by atoms with Crippen molar-refractivity contribution in [3.05, 3.63) is 54.2 Å². The lowest BCUT2D eigenvalue weighted by Crippen LogP contribution is -1.97. The summed E-state index contributed by atoms with van der Waals surface area (Å²) in [5, 5.41) is 16.5. The summed E-state index contributed by atoms with van der Waals surface area (Å²) in [6, 6.07) is 7.68. The second kappa shape index (κ2) is 6.06. The first kappa shape index (κ1) is 12.4. The summed E-state index contributed by atoms with van der Waals surface area (Å²) in [6.07, 6.45) is 2.77. The molecule has 2 N–H and O–H groups in total. The highest BCUT2D eigenvalue weighted by Gasteiger charge is 2.01. The van der Waals surface area contributed by atoms with Crippen LogP contribution >= 0.6 is 0 Å². The van der Waals surface area contributed by atoms with Crippen LogP contribution in [-0.4, -0.2) is 27.1 Å². The first-order valence-corrected chi connectivity index (χ1v) is 4.52. The number of nitrogens with zero attached hydrogens (tertiary/aromatic N) is 1. The Morgan fingerprint density at radius 1 is 1.06 bits per heavy atom. The second-order valence-electron chi connectivity index (χ2n) is 2.80. The number of hydrogen-bond acceptors (Lipinski definition) is 4. The molecule has 0 radical (unpaired) electrons. The maximum Gasteiger partial charge on any atom is 0.371 e. The third-order valence-electron chi connectivity index (χ3n) is 1.62. The van der Waals surface area contributed by atoms with Crippen molar-refractivity contribution in [2.24, 2.45) is 0 Å². The molecular formula is C11H9NO5. The van der Waals surface area contributed by atoms with E-state index in [-0.39, 0.29) is 11.5 Å². The average Bonchev–Trinajstić information content (AvgIpc) is 2.84. The van der Waals surface area contributed by atoms with Gasteiger partial charge in [0.2, 0.25) is 5.76 Å². The molecule has 2 aromatic rings. The fraction of sp³-hybridized carbons (Fsp3) is 0. The lowest BCUT2D eigenvalue weighted by atomic mass is 10.4. The van der Waals surface area contributed by atoms with E-state index in [9.17, 15) is 9.59 Å². The summed E-state index contributed by atoms with van der Waals surface area (Å²) < 4.78 is 4.50. The molecule has 6 nitrogen and oxygen atoms in total. The molecule has 0 atom stereocenters. The number of carbonyl (C=O) groups is 2. The normalized spacial score (nSPS) is 8.94. The van der Waals surface area contributed by atoms with Crippen LogP contribution in [-0.2, 0) is 0 Å². The van der Waals surface area contributed by atoms with E-state index in [4.69, 9.17) is 10.2 Å². The molecule has 0 spiro atoms. The van der Waals surface area contributed by atoms with Crippen molar-refractivity contribution in [2.45, 2.75) is 0 Å². The zero-order valence-corrected chi connectivity index (χ0v) is 8.61. The number of aromatic nitrogens is 1. The van der Waals surface area contributed by atoms with Crippen molar-refractivity contribution in [3.63, 3.8) is 0 Å². The Hall–Kier alpha value is -2.63. The molecule has 0 aromatic carbocycles. The third-order valence-corrected chi connectivity index (χ3v) is 1.62. The standard InChI is InChI=1S/C6H5NO2.C5H4O3/c8-6(9)5-3-1-2-4-7-5;6-5(7)4-2-1-3-8-4/h1-4H,(H,8,9);1-3H,(H,6,7). The Labute approximate surface area is 96.1 Å². The van der Waals surface area contributed by atoms with Crippen LogP contribution in [0.5, 0.6) is 0 Å². The largest absolute Gasteiger partial charge is 0.477 e. The van der Waals surface area contributed by atoms with Crippen molar-refractivity contribution in [2.75, 3.05) is 0 Å². The molecule has 17 heavy (non-hydrogen) atoms. The molecule has 0 fully saturated rings. The van der Waals surface area contributed by atoms with Gasteiger partial charge < -0.3 is 14.6 Å². The molecule has 2 heterocycles. The number of hydrogen-bond donors (Lipinski definition) is 2. The number of furan rings is 1. The van der Waals surface area contributed by atoms with Crippen LogP contribution < -0.4 is 0 Å². The van der Waals surface area contributed by atoms with E-state index < -0.39 is 11.9 Å². The topological polar surface area (TPSA) is 101 Å².